The lowest BCUT2D eigenvalue weighted by Gasteiger charge is -2.30. The van der Waals surface area contributed by atoms with Crippen molar-refractivity contribution in [1.29, 1.82) is 0 Å². The van der Waals surface area contributed by atoms with Gasteiger partial charge < -0.3 is 10.2 Å². The number of carbonyl (C=O) groups is 2. The predicted octanol–water partition coefficient (Wildman–Crippen LogP) is 4.45. The van der Waals surface area contributed by atoms with Crippen molar-refractivity contribution in [3.8, 4) is 0 Å². The van der Waals surface area contributed by atoms with Crippen LogP contribution in [0, 0.1) is 6.92 Å². The molecule has 1 N–H and O–H groups in total. The lowest BCUT2D eigenvalue weighted by atomic mass is 10.1. The highest BCUT2D eigenvalue weighted by Crippen LogP contribution is 2.18. The van der Waals surface area contributed by atoms with E-state index >= 15 is 0 Å². The maximum Gasteiger partial charge on any atom is 0.242 e. The van der Waals surface area contributed by atoms with E-state index in [1.165, 1.54) is 24.0 Å². The largest absolute Gasteiger partial charge is 0.352 e. The van der Waals surface area contributed by atoms with E-state index in [-0.39, 0.29) is 17.9 Å². The van der Waals surface area contributed by atoms with E-state index < -0.39 is 6.04 Å². The number of amides is 2. The maximum absolute atomic E-state index is 13.1. The molecule has 2 aromatic carbocycles. The van der Waals surface area contributed by atoms with Gasteiger partial charge >= 0.3 is 0 Å². The van der Waals surface area contributed by atoms with Crippen LogP contribution in [0.5, 0.6) is 0 Å². The molecule has 30 heavy (non-hydrogen) atoms. The second-order valence-corrected chi connectivity index (χ2v) is 8.47. The number of hydrogen-bond donors (Lipinski definition) is 1. The van der Waals surface area contributed by atoms with Crippen molar-refractivity contribution in [1.82, 2.24) is 10.2 Å². The second-order valence-electron chi connectivity index (χ2n) is 8.47. The predicted molar refractivity (Wildman–Crippen MR) is 121 cm³/mol. The number of benzene rings is 2. The van der Waals surface area contributed by atoms with E-state index in [9.17, 15) is 9.59 Å². The van der Waals surface area contributed by atoms with Gasteiger partial charge in [0.15, 0.2) is 0 Å². The van der Waals surface area contributed by atoms with Crippen molar-refractivity contribution >= 4 is 11.8 Å². The molecule has 1 aliphatic rings. The molecule has 1 saturated carbocycles. The van der Waals surface area contributed by atoms with Gasteiger partial charge in [0.1, 0.15) is 6.04 Å². The Morgan fingerprint density at radius 1 is 0.967 bits per heavy atom. The Kier molecular flexibility index (Phi) is 8.06. The molecular formula is C26H34N2O2. The van der Waals surface area contributed by atoms with E-state index in [1.807, 2.05) is 25.1 Å². The molecule has 1 aliphatic carbocycles. The van der Waals surface area contributed by atoms with Crippen LogP contribution in [0.2, 0.25) is 0 Å². The third kappa shape index (κ3) is 6.45. The summed E-state index contributed by atoms with van der Waals surface area (Å²) in [6, 6.07) is 18.3. The molecule has 0 bridgehead atoms. The van der Waals surface area contributed by atoms with Crippen LogP contribution in [0.1, 0.15) is 55.7 Å². The van der Waals surface area contributed by atoms with Gasteiger partial charge in [0, 0.05) is 19.0 Å². The van der Waals surface area contributed by atoms with Gasteiger partial charge in [-0.1, -0.05) is 73.0 Å². The SMILES string of the molecule is Cc1ccc(CCC(=O)N(CCc2ccccc2)[C@H](C)C(=O)NC2CCCC2)cc1. The number of hydrogen-bond acceptors (Lipinski definition) is 2. The van der Waals surface area contributed by atoms with Gasteiger partial charge in [-0.15, -0.1) is 0 Å². The van der Waals surface area contributed by atoms with E-state index in [4.69, 9.17) is 0 Å². The fourth-order valence-electron chi connectivity index (χ4n) is 4.11. The summed E-state index contributed by atoms with van der Waals surface area (Å²) in [4.78, 5) is 27.8. The Balaban J connectivity index is 1.64. The minimum atomic E-state index is -0.458. The molecule has 160 valence electrons. The number of nitrogens with one attached hydrogen (secondary N) is 1. The maximum atomic E-state index is 13.1. The minimum absolute atomic E-state index is 0.0290. The fraction of sp³-hybridized carbons (Fsp3) is 0.462. The van der Waals surface area contributed by atoms with E-state index in [0.717, 1.165) is 24.8 Å². The Morgan fingerprint density at radius 3 is 2.27 bits per heavy atom. The summed E-state index contributed by atoms with van der Waals surface area (Å²) in [6.45, 7) is 4.47. The summed E-state index contributed by atoms with van der Waals surface area (Å²) in [5.74, 6) is 0.0132. The van der Waals surface area contributed by atoms with Crippen LogP contribution < -0.4 is 5.32 Å². The molecule has 0 unspecified atom stereocenters. The molecule has 0 aliphatic heterocycles. The average molecular weight is 407 g/mol. The topological polar surface area (TPSA) is 49.4 Å². The van der Waals surface area contributed by atoms with Crippen LogP contribution in [0.25, 0.3) is 0 Å². The number of aryl methyl sites for hydroxylation is 2. The van der Waals surface area contributed by atoms with Gasteiger partial charge in [-0.2, -0.15) is 0 Å². The fourth-order valence-corrected chi connectivity index (χ4v) is 4.11. The molecular weight excluding hydrogens is 372 g/mol. The van der Waals surface area contributed by atoms with Crippen LogP contribution >= 0.6 is 0 Å². The zero-order chi connectivity index (χ0) is 21.3. The van der Waals surface area contributed by atoms with Crippen molar-refractivity contribution in [2.45, 2.75) is 70.9 Å². The Morgan fingerprint density at radius 2 is 1.60 bits per heavy atom. The zero-order valence-corrected chi connectivity index (χ0v) is 18.3. The first-order valence-corrected chi connectivity index (χ1v) is 11.2. The molecule has 1 fully saturated rings. The number of rotatable bonds is 9. The molecule has 2 aromatic rings. The summed E-state index contributed by atoms with van der Waals surface area (Å²) >= 11 is 0. The van der Waals surface area contributed by atoms with Crippen LogP contribution in [-0.2, 0) is 22.4 Å². The number of carbonyl (C=O) groups excluding carboxylic acids is 2. The highest BCUT2D eigenvalue weighted by molar-refractivity contribution is 5.87. The molecule has 0 spiro atoms. The summed E-state index contributed by atoms with van der Waals surface area (Å²) < 4.78 is 0. The Hall–Kier alpha value is -2.62. The molecule has 1 atom stereocenters. The van der Waals surface area contributed by atoms with E-state index in [1.54, 1.807) is 4.90 Å². The molecule has 3 rings (SSSR count). The van der Waals surface area contributed by atoms with Gasteiger partial charge in [0.2, 0.25) is 11.8 Å². The molecule has 2 amide bonds. The van der Waals surface area contributed by atoms with Crippen molar-refractivity contribution in [2.24, 2.45) is 0 Å². The summed E-state index contributed by atoms with van der Waals surface area (Å²) in [6.07, 6.45) is 6.29. The highest BCUT2D eigenvalue weighted by Gasteiger charge is 2.27. The third-order valence-electron chi connectivity index (χ3n) is 6.10. The first kappa shape index (κ1) is 22.1. The van der Waals surface area contributed by atoms with Crippen LogP contribution in [0.15, 0.2) is 54.6 Å². The average Bonchev–Trinajstić information content (AvgIpc) is 3.27. The molecule has 4 heteroatoms. The van der Waals surface area contributed by atoms with Gasteiger partial charge in [0.05, 0.1) is 0 Å². The zero-order valence-electron chi connectivity index (χ0n) is 18.3. The van der Waals surface area contributed by atoms with Crippen molar-refractivity contribution in [3.63, 3.8) is 0 Å². The Labute approximate surface area is 180 Å². The first-order chi connectivity index (χ1) is 14.5. The molecule has 0 saturated heterocycles. The van der Waals surface area contributed by atoms with Crippen molar-refractivity contribution < 1.29 is 9.59 Å². The smallest absolute Gasteiger partial charge is 0.242 e. The molecule has 4 nitrogen and oxygen atoms in total. The molecule has 0 radical (unpaired) electrons. The second kappa shape index (κ2) is 11.0. The van der Waals surface area contributed by atoms with Crippen LogP contribution in [0.4, 0.5) is 0 Å². The quantitative estimate of drug-likeness (QED) is 0.669. The van der Waals surface area contributed by atoms with Crippen molar-refractivity contribution in [2.75, 3.05) is 6.54 Å². The third-order valence-corrected chi connectivity index (χ3v) is 6.10. The summed E-state index contributed by atoms with van der Waals surface area (Å²) in [7, 11) is 0. The standard InChI is InChI=1S/C26H34N2O2/c1-20-12-14-23(15-13-20)16-17-25(29)28(19-18-22-8-4-3-5-9-22)21(2)26(30)27-24-10-6-7-11-24/h3-5,8-9,12-15,21,24H,6-7,10-11,16-19H2,1-2H3,(H,27,30)/t21-/m1/s1. The highest BCUT2D eigenvalue weighted by atomic mass is 16.2. The van der Waals surface area contributed by atoms with E-state index in [2.05, 4.69) is 48.6 Å². The normalized spacial score (nSPS) is 15.0. The molecule has 0 aromatic heterocycles. The first-order valence-electron chi connectivity index (χ1n) is 11.2. The molecule has 0 heterocycles. The van der Waals surface area contributed by atoms with Gasteiger partial charge in [-0.25, -0.2) is 0 Å². The Bertz CT molecular complexity index is 811. The minimum Gasteiger partial charge on any atom is -0.352 e. The lowest BCUT2D eigenvalue weighted by molar-refractivity contribution is -0.140. The van der Waals surface area contributed by atoms with Gasteiger partial charge in [-0.05, 0) is 50.7 Å². The lowest BCUT2D eigenvalue weighted by Crippen LogP contribution is -2.50. The van der Waals surface area contributed by atoms with E-state index in [0.29, 0.717) is 19.4 Å². The van der Waals surface area contributed by atoms with Gasteiger partial charge in [-0.3, -0.25) is 9.59 Å². The monoisotopic (exact) mass is 406 g/mol. The van der Waals surface area contributed by atoms with Gasteiger partial charge in [0.25, 0.3) is 0 Å². The van der Waals surface area contributed by atoms with Crippen LogP contribution in [-0.4, -0.2) is 35.3 Å². The summed E-state index contributed by atoms with van der Waals surface area (Å²) in [5, 5.41) is 3.16. The number of nitrogens with zero attached hydrogens (tertiary/aromatic N) is 1. The summed E-state index contributed by atoms with van der Waals surface area (Å²) in [5.41, 5.74) is 3.55. The van der Waals surface area contributed by atoms with Crippen molar-refractivity contribution in [3.05, 3.63) is 71.3 Å². The van der Waals surface area contributed by atoms with Crippen LogP contribution in [0.3, 0.4) is 0 Å².